The van der Waals surface area contributed by atoms with Crippen molar-refractivity contribution in [1.82, 2.24) is 15.5 Å². The molecule has 7 heteroatoms. The number of nitrogens with zero attached hydrogens (tertiary/aromatic N) is 3. The molecule has 3 heterocycles. The van der Waals surface area contributed by atoms with E-state index >= 15 is 0 Å². The molecule has 1 amide bonds. The molecule has 1 saturated heterocycles. The highest BCUT2D eigenvalue weighted by atomic mass is 32.1. The molecule has 6 nitrogen and oxygen atoms in total. The quantitative estimate of drug-likeness (QED) is 0.761. The van der Waals surface area contributed by atoms with E-state index in [-0.39, 0.29) is 5.91 Å². The number of rotatable bonds is 5. The van der Waals surface area contributed by atoms with Crippen LogP contribution in [0.3, 0.4) is 0 Å². The van der Waals surface area contributed by atoms with E-state index in [9.17, 15) is 4.79 Å². The Morgan fingerprint density at radius 1 is 1.12 bits per heavy atom. The molecule has 0 aliphatic carbocycles. The molecule has 1 unspecified atom stereocenters. The van der Waals surface area contributed by atoms with Crippen LogP contribution in [0.2, 0.25) is 0 Å². The maximum absolute atomic E-state index is 12.5. The molecule has 0 bridgehead atoms. The maximum atomic E-state index is 12.5. The Kier molecular flexibility index (Phi) is 4.47. The molecule has 128 valence electrons. The summed E-state index contributed by atoms with van der Waals surface area (Å²) in [4.78, 5) is 15.3. The summed E-state index contributed by atoms with van der Waals surface area (Å²) in [5, 5.41) is 13.3. The Morgan fingerprint density at radius 2 is 1.92 bits per heavy atom. The zero-order valence-corrected chi connectivity index (χ0v) is 14.4. The molecule has 1 aliphatic rings. The first kappa shape index (κ1) is 15.8. The zero-order chi connectivity index (χ0) is 17.1. The highest BCUT2D eigenvalue weighted by Gasteiger charge is 2.26. The molecule has 1 N–H and O–H groups in total. The van der Waals surface area contributed by atoms with Crippen molar-refractivity contribution in [3.05, 3.63) is 64.2 Å². The normalized spacial score (nSPS) is 15.3. The minimum atomic E-state index is -0.473. The highest BCUT2D eigenvalue weighted by Crippen LogP contribution is 2.26. The number of benzene rings is 1. The molecule has 0 saturated carbocycles. The van der Waals surface area contributed by atoms with Crippen LogP contribution in [0.25, 0.3) is 0 Å². The van der Waals surface area contributed by atoms with Crippen LogP contribution in [0.15, 0.2) is 52.3 Å². The van der Waals surface area contributed by atoms with Gasteiger partial charge in [0.05, 0.1) is 4.88 Å². The van der Waals surface area contributed by atoms with Crippen molar-refractivity contribution in [1.29, 1.82) is 0 Å². The van der Waals surface area contributed by atoms with Crippen LogP contribution in [0.4, 0.5) is 6.01 Å². The molecular weight excluding hydrogens is 336 g/mol. The van der Waals surface area contributed by atoms with Gasteiger partial charge in [-0.3, -0.25) is 4.79 Å². The first-order valence-electron chi connectivity index (χ1n) is 8.29. The summed E-state index contributed by atoms with van der Waals surface area (Å²) in [5.74, 6) is 0.253. The summed E-state index contributed by atoms with van der Waals surface area (Å²) in [6.45, 7) is 1.86. The van der Waals surface area contributed by atoms with Gasteiger partial charge >= 0.3 is 6.01 Å². The Labute approximate surface area is 149 Å². The fourth-order valence-electron chi connectivity index (χ4n) is 2.92. The van der Waals surface area contributed by atoms with Crippen molar-refractivity contribution in [2.24, 2.45) is 0 Å². The number of nitrogens with one attached hydrogen (secondary N) is 1. The third kappa shape index (κ3) is 3.41. The molecule has 1 aromatic carbocycles. The average Bonchev–Trinajstić information content (AvgIpc) is 3.42. The minimum Gasteiger partial charge on any atom is -0.405 e. The molecular formula is C18H18N4O2S. The standard InChI is InChI=1S/C18H18N4O2S/c23-16(14-9-6-12-25-14)19-15(13-7-2-1-3-8-13)17-20-21-18(24-17)22-10-4-5-11-22/h1-3,6-9,12,15H,4-5,10-11H2,(H,19,23). The monoisotopic (exact) mass is 354 g/mol. The second-order valence-electron chi connectivity index (χ2n) is 5.91. The van der Waals surface area contributed by atoms with Crippen molar-refractivity contribution in [3.8, 4) is 0 Å². The van der Waals surface area contributed by atoms with Gasteiger partial charge in [0.1, 0.15) is 6.04 Å². The smallest absolute Gasteiger partial charge is 0.318 e. The molecule has 1 aliphatic heterocycles. The van der Waals surface area contributed by atoms with Gasteiger partial charge in [-0.25, -0.2) is 0 Å². The van der Waals surface area contributed by atoms with Gasteiger partial charge in [0, 0.05) is 13.1 Å². The molecule has 1 fully saturated rings. The summed E-state index contributed by atoms with van der Waals surface area (Å²) in [6.07, 6.45) is 2.27. The largest absolute Gasteiger partial charge is 0.405 e. The van der Waals surface area contributed by atoms with Crippen molar-refractivity contribution in [2.75, 3.05) is 18.0 Å². The Hall–Kier alpha value is -2.67. The maximum Gasteiger partial charge on any atom is 0.318 e. The lowest BCUT2D eigenvalue weighted by molar-refractivity contribution is 0.0942. The van der Waals surface area contributed by atoms with Crippen LogP contribution < -0.4 is 10.2 Å². The summed E-state index contributed by atoms with van der Waals surface area (Å²) < 4.78 is 5.89. The summed E-state index contributed by atoms with van der Waals surface area (Å²) in [7, 11) is 0. The van der Waals surface area contributed by atoms with E-state index in [4.69, 9.17) is 4.42 Å². The van der Waals surface area contributed by atoms with Crippen molar-refractivity contribution in [3.63, 3.8) is 0 Å². The number of hydrogen-bond donors (Lipinski definition) is 1. The van der Waals surface area contributed by atoms with E-state index in [1.165, 1.54) is 11.3 Å². The number of carbonyl (C=O) groups excluding carboxylic acids is 1. The highest BCUT2D eigenvalue weighted by molar-refractivity contribution is 7.12. The van der Waals surface area contributed by atoms with Crippen LogP contribution >= 0.6 is 11.3 Å². The molecule has 4 rings (SSSR count). The fraction of sp³-hybridized carbons (Fsp3) is 0.278. The third-order valence-corrected chi connectivity index (χ3v) is 5.08. The number of carbonyl (C=O) groups is 1. The van der Waals surface area contributed by atoms with E-state index < -0.39 is 6.04 Å². The Balaban J connectivity index is 1.62. The van der Waals surface area contributed by atoms with Gasteiger partial charge in [0.25, 0.3) is 5.91 Å². The van der Waals surface area contributed by atoms with Gasteiger partial charge in [-0.2, -0.15) is 0 Å². The van der Waals surface area contributed by atoms with Crippen LogP contribution in [-0.4, -0.2) is 29.2 Å². The molecule has 2 aromatic heterocycles. The second kappa shape index (κ2) is 7.06. The number of hydrogen-bond acceptors (Lipinski definition) is 6. The molecule has 0 spiro atoms. The van der Waals surface area contributed by atoms with Crippen LogP contribution in [-0.2, 0) is 0 Å². The van der Waals surface area contributed by atoms with E-state index in [1.807, 2.05) is 41.8 Å². The second-order valence-corrected chi connectivity index (χ2v) is 6.86. The van der Waals surface area contributed by atoms with Crippen molar-refractivity contribution in [2.45, 2.75) is 18.9 Å². The summed E-state index contributed by atoms with van der Waals surface area (Å²) in [5.41, 5.74) is 0.907. The first-order chi connectivity index (χ1) is 12.3. The third-order valence-electron chi connectivity index (χ3n) is 4.21. The average molecular weight is 354 g/mol. The van der Waals surface area contributed by atoms with Gasteiger partial charge in [-0.15, -0.1) is 16.4 Å². The number of thiophene rings is 1. The predicted octanol–water partition coefficient (Wildman–Crippen LogP) is 3.25. The van der Waals surface area contributed by atoms with Gasteiger partial charge in [0.15, 0.2) is 0 Å². The van der Waals surface area contributed by atoms with Crippen LogP contribution in [0, 0.1) is 0 Å². The topological polar surface area (TPSA) is 71.3 Å². The lowest BCUT2D eigenvalue weighted by Crippen LogP contribution is -2.29. The van der Waals surface area contributed by atoms with Gasteiger partial charge < -0.3 is 14.6 Å². The Morgan fingerprint density at radius 3 is 2.64 bits per heavy atom. The molecule has 0 radical (unpaired) electrons. The van der Waals surface area contributed by atoms with Crippen LogP contribution in [0.1, 0.15) is 40.0 Å². The van der Waals surface area contributed by atoms with E-state index in [2.05, 4.69) is 20.4 Å². The first-order valence-corrected chi connectivity index (χ1v) is 9.17. The minimum absolute atomic E-state index is 0.148. The number of amides is 1. The number of anilines is 1. The van der Waals surface area contributed by atoms with Gasteiger partial charge in [-0.05, 0) is 29.9 Å². The SMILES string of the molecule is O=C(NC(c1ccccc1)c1nnc(N2CCCC2)o1)c1cccs1. The summed E-state index contributed by atoms with van der Waals surface area (Å²) >= 11 is 1.40. The fourth-order valence-corrected chi connectivity index (χ4v) is 3.55. The van der Waals surface area contributed by atoms with Crippen molar-refractivity contribution >= 4 is 23.3 Å². The zero-order valence-electron chi connectivity index (χ0n) is 13.6. The molecule has 1 atom stereocenters. The summed E-state index contributed by atoms with van der Waals surface area (Å²) in [6, 6.07) is 13.4. The molecule has 3 aromatic rings. The van der Waals surface area contributed by atoms with Gasteiger partial charge in [0.2, 0.25) is 5.89 Å². The van der Waals surface area contributed by atoms with Crippen LogP contribution in [0.5, 0.6) is 0 Å². The predicted molar refractivity (Wildman–Crippen MR) is 95.8 cm³/mol. The lowest BCUT2D eigenvalue weighted by Gasteiger charge is -2.15. The number of aromatic nitrogens is 2. The molecule has 25 heavy (non-hydrogen) atoms. The van der Waals surface area contributed by atoms with Gasteiger partial charge in [-0.1, -0.05) is 41.5 Å². The van der Waals surface area contributed by atoms with E-state index in [0.717, 1.165) is 31.5 Å². The lowest BCUT2D eigenvalue weighted by atomic mass is 10.1. The Bertz CT molecular complexity index is 826. The van der Waals surface area contributed by atoms with E-state index in [1.54, 1.807) is 6.07 Å². The van der Waals surface area contributed by atoms with E-state index in [0.29, 0.717) is 16.8 Å². The van der Waals surface area contributed by atoms with Crippen molar-refractivity contribution < 1.29 is 9.21 Å².